The Morgan fingerprint density at radius 3 is 2.69 bits per heavy atom. The summed E-state index contributed by atoms with van der Waals surface area (Å²) < 4.78 is 6.65. The summed E-state index contributed by atoms with van der Waals surface area (Å²) in [5.41, 5.74) is 2.58. The minimum Gasteiger partial charge on any atom is -0.497 e. The van der Waals surface area contributed by atoms with Crippen molar-refractivity contribution in [2.45, 2.75) is 25.8 Å². The van der Waals surface area contributed by atoms with Crippen molar-refractivity contribution in [3.05, 3.63) is 82.6 Å². The molecule has 1 heterocycles. The second-order valence-electron chi connectivity index (χ2n) is 6.70. The van der Waals surface area contributed by atoms with Crippen molar-refractivity contribution in [3.63, 3.8) is 0 Å². The van der Waals surface area contributed by atoms with Crippen LogP contribution in [0.1, 0.15) is 18.4 Å². The lowest BCUT2D eigenvalue weighted by Gasteiger charge is -2.09. The number of hydrogen-bond donors (Lipinski definition) is 1. The zero-order valence-electron chi connectivity index (χ0n) is 16.5. The molecule has 0 atom stereocenters. The van der Waals surface area contributed by atoms with Gasteiger partial charge in [-0.15, -0.1) is 0 Å². The Morgan fingerprint density at radius 1 is 1.07 bits per heavy atom. The molecule has 0 aliphatic carbocycles. The zero-order valence-corrected chi connectivity index (χ0v) is 16.5. The lowest BCUT2D eigenvalue weighted by atomic mass is 10.1. The van der Waals surface area contributed by atoms with Crippen molar-refractivity contribution in [1.29, 1.82) is 0 Å². The maximum absolute atomic E-state index is 12.1. The van der Waals surface area contributed by atoms with Gasteiger partial charge in [-0.05, 0) is 36.6 Å². The molecular formula is C23H25N3O3. The number of nitrogens with one attached hydrogen (secondary N) is 1. The van der Waals surface area contributed by atoms with Crippen LogP contribution in [0.2, 0.25) is 0 Å². The van der Waals surface area contributed by atoms with E-state index >= 15 is 0 Å². The number of benzene rings is 2. The van der Waals surface area contributed by atoms with E-state index in [4.69, 9.17) is 4.74 Å². The van der Waals surface area contributed by atoms with Gasteiger partial charge >= 0.3 is 0 Å². The van der Waals surface area contributed by atoms with Crippen LogP contribution in [0.5, 0.6) is 5.75 Å². The van der Waals surface area contributed by atoms with Crippen molar-refractivity contribution in [3.8, 4) is 17.0 Å². The molecular weight excluding hydrogens is 366 g/mol. The molecule has 6 nitrogen and oxygen atoms in total. The van der Waals surface area contributed by atoms with E-state index in [1.807, 2.05) is 54.6 Å². The molecule has 1 amide bonds. The van der Waals surface area contributed by atoms with Gasteiger partial charge in [-0.3, -0.25) is 9.59 Å². The van der Waals surface area contributed by atoms with E-state index in [-0.39, 0.29) is 11.5 Å². The van der Waals surface area contributed by atoms with Crippen LogP contribution in [0, 0.1) is 0 Å². The Balaban J connectivity index is 1.51. The van der Waals surface area contributed by atoms with Crippen molar-refractivity contribution < 1.29 is 9.53 Å². The lowest BCUT2D eigenvalue weighted by Crippen LogP contribution is -2.27. The van der Waals surface area contributed by atoms with Crippen LogP contribution < -0.4 is 15.6 Å². The fourth-order valence-corrected chi connectivity index (χ4v) is 3.01. The van der Waals surface area contributed by atoms with Gasteiger partial charge in [0.2, 0.25) is 5.91 Å². The molecule has 0 spiro atoms. The topological polar surface area (TPSA) is 73.2 Å². The molecule has 29 heavy (non-hydrogen) atoms. The first kappa shape index (κ1) is 20.3. The molecule has 2 aromatic carbocycles. The normalized spacial score (nSPS) is 10.5. The van der Waals surface area contributed by atoms with Crippen LogP contribution in [-0.2, 0) is 17.8 Å². The van der Waals surface area contributed by atoms with Gasteiger partial charge in [0.1, 0.15) is 5.75 Å². The van der Waals surface area contributed by atoms with Crippen molar-refractivity contribution in [2.24, 2.45) is 0 Å². The number of aromatic nitrogens is 2. The molecule has 0 radical (unpaired) electrons. The number of methoxy groups -OCH3 is 1. The molecule has 6 heteroatoms. The Morgan fingerprint density at radius 2 is 1.90 bits per heavy atom. The number of amides is 1. The van der Waals surface area contributed by atoms with Gasteiger partial charge < -0.3 is 10.1 Å². The third-order valence-corrected chi connectivity index (χ3v) is 4.58. The smallest absolute Gasteiger partial charge is 0.266 e. The fraction of sp³-hybridized carbons (Fsp3) is 0.261. The molecule has 0 fully saturated rings. The predicted octanol–water partition coefficient (Wildman–Crippen LogP) is 3.06. The zero-order chi connectivity index (χ0) is 20.5. The molecule has 0 saturated carbocycles. The summed E-state index contributed by atoms with van der Waals surface area (Å²) in [7, 11) is 1.61. The number of nitrogens with zero attached hydrogens (tertiary/aromatic N) is 2. The van der Waals surface area contributed by atoms with E-state index < -0.39 is 0 Å². The largest absolute Gasteiger partial charge is 0.497 e. The Bertz CT molecular complexity index is 1000. The van der Waals surface area contributed by atoms with Gasteiger partial charge in [0.15, 0.2) is 0 Å². The van der Waals surface area contributed by atoms with Crippen LogP contribution in [-0.4, -0.2) is 29.3 Å². The minimum absolute atomic E-state index is 0.0158. The molecule has 0 aliphatic heterocycles. The summed E-state index contributed by atoms with van der Waals surface area (Å²) in [5.74, 6) is 0.715. The molecule has 0 bridgehead atoms. The highest BCUT2D eigenvalue weighted by Crippen LogP contribution is 2.21. The van der Waals surface area contributed by atoms with E-state index in [0.29, 0.717) is 31.6 Å². The van der Waals surface area contributed by atoms with Gasteiger partial charge in [-0.2, -0.15) is 5.10 Å². The van der Waals surface area contributed by atoms with E-state index in [2.05, 4.69) is 10.4 Å². The minimum atomic E-state index is -0.180. The van der Waals surface area contributed by atoms with Gasteiger partial charge in [0.25, 0.3) is 5.56 Å². The monoisotopic (exact) mass is 391 g/mol. The summed E-state index contributed by atoms with van der Waals surface area (Å²) >= 11 is 0. The molecule has 1 aromatic heterocycles. The lowest BCUT2D eigenvalue weighted by molar-refractivity contribution is -0.121. The second-order valence-corrected chi connectivity index (χ2v) is 6.70. The summed E-state index contributed by atoms with van der Waals surface area (Å²) in [4.78, 5) is 24.1. The molecule has 0 unspecified atom stereocenters. The van der Waals surface area contributed by atoms with Crippen LogP contribution >= 0.6 is 0 Å². The number of carbonyl (C=O) groups is 1. The van der Waals surface area contributed by atoms with E-state index in [1.54, 1.807) is 13.2 Å². The maximum atomic E-state index is 12.1. The number of rotatable bonds is 9. The molecule has 150 valence electrons. The highest BCUT2D eigenvalue weighted by atomic mass is 16.5. The average molecular weight is 391 g/mol. The third kappa shape index (κ3) is 6.04. The highest BCUT2D eigenvalue weighted by Gasteiger charge is 2.06. The number of aryl methyl sites for hydroxylation is 1. The molecule has 0 aliphatic rings. The van der Waals surface area contributed by atoms with Crippen molar-refractivity contribution in [2.75, 3.05) is 13.7 Å². The van der Waals surface area contributed by atoms with E-state index in [9.17, 15) is 9.59 Å². The quantitative estimate of drug-likeness (QED) is 0.608. The van der Waals surface area contributed by atoms with Crippen LogP contribution in [0.25, 0.3) is 11.3 Å². The molecule has 1 N–H and O–H groups in total. The second kappa shape index (κ2) is 10.2. The Kier molecular flexibility index (Phi) is 7.16. The fourth-order valence-electron chi connectivity index (χ4n) is 3.01. The van der Waals surface area contributed by atoms with Crippen molar-refractivity contribution in [1.82, 2.24) is 15.1 Å². The van der Waals surface area contributed by atoms with E-state index in [1.165, 1.54) is 16.3 Å². The van der Waals surface area contributed by atoms with Crippen molar-refractivity contribution >= 4 is 5.91 Å². The Labute approximate surface area is 170 Å². The first-order chi connectivity index (χ1) is 14.2. The van der Waals surface area contributed by atoms with Crippen LogP contribution in [0.4, 0.5) is 0 Å². The standard InChI is InChI=1S/C23H25N3O3/c1-29-20-10-5-9-19(17-20)21-12-13-23(28)26(25-21)16-6-11-22(27)24-15-14-18-7-3-2-4-8-18/h2-5,7-10,12-13,17H,6,11,14-16H2,1H3,(H,24,27). The van der Waals surface area contributed by atoms with E-state index in [0.717, 1.165) is 17.7 Å². The summed E-state index contributed by atoms with van der Waals surface area (Å²) in [6.07, 6.45) is 1.70. The third-order valence-electron chi connectivity index (χ3n) is 4.58. The number of carbonyl (C=O) groups excluding carboxylic acids is 1. The summed E-state index contributed by atoms with van der Waals surface area (Å²) in [6, 6.07) is 20.8. The van der Waals surface area contributed by atoms with Crippen LogP contribution in [0.15, 0.2) is 71.5 Å². The van der Waals surface area contributed by atoms with Gasteiger partial charge in [-0.1, -0.05) is 42.5 Å². The maximum Gasteiger partial charge on any atom is 0.266 e. The average Bonchev–Trinajstić information content (AvgIpc) is 2.76. The number of hydrogen-bond acceptors (Lipinski definition) is 4. The highest BCUT2D eigenvalue weighted by molar-refractivity contribution is 5.75. The van der Waals surface area contributed by atoms with Crippen LogP contribution in [0.3, 0.4) is 0 Å². The first-order valence-corrected chi connectivity index (χ1v) is 9.69. The summed E-state index contributed by atoms with van der Waals surface area (Å²) in [6.45, 7) is 0.995. The van der Waals surface area contributed by atoms with Gasteiger partial charge in [-0.25, -0.2) is 4.68 Å². The molecule has 3 aromatic rings. The molecule has 3 rings (SSSR count). The summed E-state index contributed by atoms with van der Waals surface area (Å²) in [5, 5.41) is 7.35. The SMILES string of the molecule is COc1cccc(-c2ccc(=O)n(CCCC(=O)NCCc3ccccc3)n2)c1. The Hall–Kier alpha value is -3.41. The van der Waals surface area contributed by atoms with Gasteiger partial charge in [0.05, 0.1) is 12.8 Å². The van der Waals surface area contributed by atoms with Gasteiger partial charge in [0, 0.05) is 31.1 Å². The predicted molar refractivity (Wildman–Crippen MR) is 113 cm³/mol. The first-order valence-electron chi connectivity index (χ1n) is 9.69. The molecule has 0 saturated heterocycles. The number of ether oxygens (including phenoxy) is 1.